The third-order valence-corrected chi connectivity index (χ3v) is 2.98. The Morgan fingerprint density at radius 3 is 2.20 bits per heavy atom. The number of hydrogen-bond acceptors (Lipinski definition) is 2. The van der Waals surface area contributed by atoms with E-state index < -0.39 is 0 Å². The van der Waals surface area contributed by atoms with Gasteiger partial charge >= 0.3 is 0 Å². The average molecular weight is 139 g/mol. The van der Waals surface area contributed by atoms with Crippen molar-refractivity contribution >= 4 is 5.78 Å². The topological polar surface area (TPSA) is 43.1 Å². The van der Waals surface area contributed by atoms with E-state index in [1.54, 1.807) is 0 Å². The Kier molecular flexibility index (Phi) is 1.31. The summed E-state index contributed by atoms with van der Waals surface area (Å²) in [6, 6.07) is 0.345. The summed E-state index contributed by atoms with van der Waals surface area (Å²) in [5.74, 6) is 1.51. The van der Waals surface area contributed by atoms with E-state index >= 15 is 0 Å². The Morgan fingerprint density at radius 2 is 1.70 bits per heavy atom. The SMILES string of the molecule is NC1C2CCC1CC(=O)C2. The molecule has 2 atom stereocenters. The molecule has 0 spiro atoms. The summed E-state index contributed by atoms with van der Waals surface area (Å²) in [5, 5.41) is 0. The molecule has 2 heteroatoms. The van der Waals surface area contributed by atoms with E-state index in [4.69, 9.17) is 5.73 Å². The van der Waals surface area contributed by atoms with E-state index in [1.165, 1.54) is 12.8 Å². The van der Waals surface area contributed by atoms with Crippen LogP contribution in [0.2, 0.25) is 0 Å². The highest BCUT2D eigenvalue weighted by molar-refractivity contribution is 5.80. The molecule has 0 aromatic carbocycles. The number of nitrogens with two attached hydrogens (primary N) is 1. The van der Waals surface area contributed by atoms with E-state index in [0.717, 1.165) is 12.8 Å². The molecule has 2 fully saturated rings. The number of hydrogen-bond donors (Lipinski definition) is 1. The highest BCUT2D eigenvalue weighted by Crippen LogP contribution is 2.39. The first kappa shape index (κ1) is 6.35. The minimum absolute atomic E-state index is 0.345. The van der Waals surface area contributed by atoms with E-state index in [9.17, 15) is 4.79 Å². The highest BCUT2D eigenvalue weighted by atomic mass is 16.1. The lowest BCUT2D eigenvalue weighted by molar-refractivity contribution is -0.122. The van der Waals surface area contributed by atoms with Crippen LogP contribution >= 0.6 is 0 Å². The predicted molar refractivity (Wildman–Crippen MR) is 38.4 cm³/mol. The van der Waals surface area contributed by atoms with Crippen LogP contribution in [0.1, 0.15) is 25.7 Å². The van der Waals surface area contributed by atoms with Gasteiger partial charge in [0.25, 0.3) is 0 Å². The molecule has 2 N–H and O–H groups in total. The van der Waals surface area contributed by atoms with Crippen molar-refractivity contribution in [2.45, 2.75) is 31.7 Å². The van der Waals surface area contributed by atoms with Gasteiger partial charge in [-0.2, -0.15) is 0 Å². The molecule has 2 bridgehead atoms. The summed E-state index contributed by atoms with van der Waals surface area (Å²) >= 11 is 0. The second kappa shape index (κ2) is 2.06. The van der Waals surface area contributed by atoms with Crippen LogP contribution in [-0.4, -0.2) is 11.8 Å². The zero-order chi connectivity index (χ0) is 7.14. The zero-order valence-electron chi connectivity index (χ0n) is 6.05. The smallest absolute Gasteiger partial charge is 0.133 e. The van der Waals surface area contributed by atoms with Crippen LogP contribution in [0.5, 0.6) is 0 Å². The quantitative estimate of drug-likeness (QED) is 0.537. The van der Waals surface area contributed by atoms with Gasteiger partial charge in [-0.15, -0.1) is 0 Å². The van der Waals surface area contributed by atoms with Crippen LogP contribution in [0.3, 0.4) is 0 Å². The van der Waals surface area contributed by atoms with Crippen molar-refractivity contribution in [1.29, 1.82) is 0 Å². The molecule has 0 saturated heterocycles. The van der Waals surface area contributed by atoms with Gasteiger partial charge in [0.2, 0.25) is 0 Å². The molecule has 0 aromatic heterocycles. The van der Waals surface area contributed by atoms with Gasteiger partial charge in [-0.3, -0.25) is 4.79 Å². The van der Waals surface area contributed by atoms with Crippen molar-refractivity contribution in [2.24, 2.45) is 17.6 Å². The summed E-state index contributed by atoms with van der Waals surface area (Å²) in [5.41, 5.74) is 5.89. The normalized spacial score (nSPS) is 46.1. The fourth-order valence-corrected chi connectivity index (χ4v) is 2.34. The molecular formula is C8H13NO. The van der Waals surface area contributed by atoms with Crippen LogP contribution < -0.4 is 5.73 Å². The van der Waals surface area contributed by atoms with E-state index in [2.05, 4.69) is 0 Å². The lowest BCUT2D eigenvalue weighted by Crippen LogP contribution is -2.37. The van der Waals surface area contributed by atoms with Crippen LogP contribution in [0.25, 0.3) is 0 Å². The molecule has 2 rings (SSSR count). The average Bonchev–Trinajstić information content (AvgIpc) is 2.20. The predicted octanol–water partition coefficient (Wildman–Crippen LogP) is 0.703. The number of rotatable bonds is 0. The molecule has 0 radical (unpaired) electrons. The lowest BCUT2D eigenvalue weighted by Gasteiger charge is -2.24. The Hall–Kier alpha value is -0.370. The number of fused-ring (bicyclic) bond motifs is 2. The molecule has 2 unspecified atom stereocenters. The van der Waals surface area contributed by atoms with Crippen molar-refractivity contribution in [3.63, 3.8) is 0 Å². The fourth-order valence-electron chi connectivity index (χ4n) is 2.34. The molecule has 10 heavy (non-hydrogen) atoms. The van der Waals surface area contributed by atoms with Gasteiger partial charge in [0.1, 0.15) is 5.78 Å². The van der Waals surface area contributed by atoms with Crippen LogP contribution in [-0.2, 0) is 4.79 Å². The van der Waals surface area contributed by atoms with Crippen LogP contribution in [0, 0.1) is 11.8 Å². The van der Waals surface area contributed by atoms with Crippen LogP contribution in [0.4, 0.5) is 0 Å². The first-order valence-electron chi connectivity index (χ1n) is 4.04. The Morgan fingerprint density at radius 1 is 1.20 bits per heavy atom. The third-order valence-electron chi connectivity index (χ3n) is 2.98. The molecule has 2 aliphatic carbocycles. The Balaban J connectivity index is 2.16. The maximum absolute atomic E-state index is 11.0. The van der Waals surface area contributed by atoms with Gasteiger partial charge in [-0.05, 0) is 24.7 Å². The first-order chi connectivity index (χ1) is 4.77. The van der Waals surface area contributed by atoms with Crippen molar-refractivity contribution in [3.8, 4) is 0 Å². The van der Waals surface area contributed by atoms with Crippen molar-refractivity contribution in [1.82, 2.24) is 0 Å². The Labute approximate surface area is 60.8 Å². The number of ketones is 1. The van der Waals surface area contributed by atoms with E-state index in [1.807, 2.05) is 0 Å². The number of carbonyl (C=O) groups is 1. The highest BCUT2D eigenvalue weighted by Gasteiger charge is 2.39. The van der Waals surface area contributed by atoms with Crippen LogP contribution in [0.15, 0.2) is 0 Å². The number of Topliss-reactive ketones (excluding diaryl/α,β-unsaturated/α-hetero) is 1. The Bertz CT molecular complexity index is 151. The van der Waals surface area contributed by atoms with Crippen molar-refractivity contribution in [3.05, 3.63) is 0 Å². The summed E-state index contributed by atoms with van der Waals surface area (Å²) in [7, 11) is 0. The maximum Gasteiger partial charge on any atom is 0.133 e. The largest absolute Gasteiger partial charge is 0.327 e. The molecule has 0 amide bonds. The van der Waals surface area contributed by atoms with E-state index in [-0.39, 0.29) is 0 Å². The molecule has 0 aliphatic heterocycles. The molecule has 2 saturated carbocycles. The molecule has 2 nitrogen and oxygen atoms in total. The second-order valence-corrected chi connectivity index (χ2v) is 3.62. The minimum Gasteiger partial charge on any atom is -0.327 e. The van der Waals surface area contributed by atoms with Gasteiger partial charge in [-0.1, -0.05) is 0 Å². The second-order valence-electron chi connectivity index (χ2n) is 3.62. The first-order valence-corrected chi connectivity index (χ1v) is 4.04. The van der Waals surface area contributed by atoms with Gasteiger partial charge in [0, 0.05) is 18.9 Å². The van der Waals surface area contributed by atoms with E-state index in [0.29, 0.717) is 23.7 Å². The molecule has 0 aromatic rings. The monoisotopic (exact) mass is 139 g/mol. The molecular weight excluding hydrogens is 126 g/mol. The zero-order valence-corrected chi connectivity index (χ0v) is 6.05. The molecule has 0 heterocycles. The van der Waals surface area contributed by atoms with Gasteiger partial charge in [0.15, 0.2) is 0 Å². The fraction of sp³-hybridized carbons (Fsp3) is 0.875. The summed E-state index contributed by atoms with van der Waals surface area (Å²) < 4.78 is 0. The number of carbonyl (C=O) groups excluding carboxylic acids is 1. The lowest BCUT2D eigenvalue weighted by atomic mass is 9.84. The third kappa shape index (κ3) is 0.788. The standard InChI is InChI=1S/C8H13NO/c9-8-5-1-2-6(8)4-7(10)3-5/h5-6,8H,1-4,9H2. The van der Waals surface area contributed by atoms with Crippen molar-refractivity contribution in [2.75, 3.05) is 0 Å². The summed E-state index contributed by atoms with van der Waals surface area (Å²) in [6.45, 7) is 0. The molecule has 2 aliphatic rings. The summed E-state index contributed by atoms with van der Waals surface area (Å²) in [4.78, 5) is 11.0. The summed E-state index contributed by atoms with van der Waals surface area (Å²) in [6.07, 6.45) is 3.91. The minimum atomic E-state index is 0.345. The van der Waals surface area contributed by atoms with Crippen molar-refractivity contribution < 1.29 is 4.79 Å². The van der Waals surface area contributed by atoms with Gasteiger partial charge in [0.05, 0.1) is 0 Å². The molecule has 56 valence electrons. The van der Waals surface area contributed by atoms with Gasteiger partial charge < -0.3 is 5.73 Å². The van der Waals surface area contributed by atoms with Gasteiger partial charge in [-0.25, -0.2) is 0 Å². The maximum atomic E-state index is 11.0.